The molecule has 1 aromatic carbocycles. The zero-order valence-electron chi connectivity index (χ0n) is 13.1. The number of nitrogens with two attached hydrogens (primary N) is 1. The first kappa shape index (κ1) is 14.9. The molecule has 3 heterocycles. The van der Waals surface area contributed by atoms with Crippen molar-refractivity contribution >= 4 is 28.6 Å². The molecule has 0 aliphatic carbocycles. The summed E-state index contributed by atoms with van der Waals surface area (Å²) in [6.45, 7) is 1.96. The number of aromatic amines is 1. The smallest absolute Gasteiger partial charge is 0.408 e. The second kappa shape index (κ2) is 5.74. The number of nitrogens with one attached hydrogen (secondary N) is 2. The molecule has 0 aliphatic heterocycles. The van der Waals surface area contributed by atoms with Gasteiger partial charge in [-0.05, 0) is 23.7 Å². The Morgan fingerprint density at radius 1 is 1.32 bits per heavy atom. The van der Waals surface area contributed by atoms with Gasteiger partial charge < -0.3 is 20.0 Å². The van der Waals surface area contributed by atoms with Gasteiger partial charge >= 0.3 is 5.76 Å². The van der Waals surface area contributed by atoms with E-state index in [2.05, 4.69) is 30.4 Å². The Bertz CT molecular complexity index is 1110. The number of rotatable bonds is 4. The number of hydrogen-bond acceptors (Lipinski definition) is 9. The van der Waals surface area contributed by atoms with Crippen molar-refractivity contribution in [3.8, 4) is 11.6 Å². The predicted octanol–water partition coefficient (Wildman–Crippen LogP) is 1.85. The van der Waals surface area contributed by atoms with Crippen LogP contribution in [0.4, 0.5) is 17.5 Å². The molecule has 0 spiro atoms. The summed E-state index contributed by atoms with van der Waals surface area (Å²) in [5.74, 6) is 0.0779. The van der Waals surface area contributed by atoms with Crippen LogP contribution in [0.25, 0.3) is 22.7 Å². The standard InChI is InChI=1S/C15H13N7O3/c1-2-7-6-17-12(16)11(18-7)13-21-14(22-25-13)19-8-3-4-9-10(5-8)24-15(23)20-9/h3-6H,2H2,1H3,(H2,16,17)(H,19,22)(H,20,23). The van der Waals surface area contributed by atoms with E-state index in [0.717, 1.165) is 5.69 Å². The number of aromatic nitrogens is 5. The highest BCUT2D eigenvalue weighted by Gasteiger charge is 2.15. The lowest BCUT2D eigenvalue weighted by Crippen LogP contribution is -2.00. The van der Waals surface area contributed by atoms with Crippen LogP contribution < -0.4 is 16.8 Å². The first-order valence-corrected chi connectivity index (χ1v) is 7.47. The molecular formula is C15H13N7O3. The molecule has 4 rings (SSSR count). The number of H-pyrrole nitrogens is 1. The Kier molecular flexibility index (Phi) is 3.42. The molecule has 3 aromatic heterocycles. The van der Waals surface area contributed by atoms with Gasteiger partial charge in [-0.1, -0.05) is 6.92 Å². The molecule has 4 aromatic rings. The summed E-state index contributed by atoms with van der Waals surface area (Å²) in [6.07, 6.45) is 2.32. The molecule has 0 saturated carbocycles. The highest BCUT2D eigenvalue weighted by molar-refractivity contribution is 5.77. The quantitative estimate of drug-likeness (QED) is 0.506. The molecular weight excluding hydrogens is 326 g/mol. The monoisotopic (exact) mass is 339 g/mol. The zero-order valence-corrected chi connectivity index (χ0v) is 13.1. The second-order valence-corrected chi connectivity index (χ2v) is 5.22. The van der Waals surface area contributed by atoms with E-state index in [1.165, 1.54) is 0 Å². The Hall–Kier alpha value is -3.69. The molecule has 0 amide bonds. The summed E-state index contributed by atoms with van der Waals surface area (Å²) >= 11 is 0. The number of oxazole rings is 1. The van der Waals surface area contributed by atoms with Gasteiger partial charge in [-0.15, -0.1) is 0 Å². The topological polar surface area (TPSA) is 149 Å². The number of hydrogen-bond donors (Lipinski definition) is 3. The van der Waals surface area contributed by atoms with Crippen molar-refractivity contribution in [1.29, 1.82) is 0 Å². The first-order valence-electron chi connectivity index (χ1n) is 7.47. The minimum Gasteiger partial charge on any atom is -0.408 e. The van der Waals surface area contributed by atoms with E-state index in [9.17, 15) is 4.79 Å². The first-order chi connectivity index (χ1) is 12.1. The highest BCUT2D eigenvalue weighted by Crippen LogP contribution is 2.24. The van der Waals surface area contributed by atoms with Gasteiger partial charge in [0.25, 0.3) is 11.8 Å². The lowest BCUT2D eigenvalue weighted by molar-refractivity contribution is 0.431. The second-order valence-electron chi connectivity index (χ2n) is 5.22. The van der Waals surface area contributed by atoms with Gasteiger partial charge in [0, 0.05) is 11.8 Å². The number of benzene rings is 1. The molecule has 4 N–H and O–H groups in total. The van der Waals surface area contributed by atoms with Crippen LogP contribution in [0.15, 0.2) is 38.1 Å². The van der Waals surface area contributed by atoms with Crippen LogP contribution in [0.2, 0.25) is 0 Å². The molecule has 0 bridgehead atoms. The maximum absolute atomic E-state index is 11.2. The third-order valence-electron chi connectivity index (χ3n) is 3.52. The highest BCUT2D eigenvalue weighted by atomic mass is 16.5. The molecule has 25 heavy (non-hydrogen) atoms. The average molecular weight is 339 g/mol. The maximum atomic E-state index is 11.2. The summed E-state index contributed by atoms with van der Waals surface area (Å²) in [7, 11) is 0. The summed E-state index contributed by atoms with van der Waals surface area (Å²) in [5.41, 5.74) is 8.59. The molecule has 0 saturated heterocycles. The molecule has 10 nitrogen and oxygen atoms in total. The van der Waals surface area contributed by atoms with Crippen LogP contribution in [-0.4, -0.2) is 25.1 Å². The Balaban J connectivity index is 1.63. The van der Waals surface area contributed by atoms with Crippen molar-refractivity contribution in [3.05, 3.63) is 40.6 Å². The van der Waals surface area contributed by atoms with Crippen LogP contribution in [0.3, 0.4) is 0 Å². The van der Waals surface area contributed by atoms with E-state index in [4.69, 9.17) is 14.7 Å². The van der Waals surface area contributed by atoms with Gasteiger partial charge in [0.2, 0.25) is 0 Å². The van der Waals surface area contributed by atoms with Crippen LogP contribution in [0, 0.1) is 0 Å². The lowest BCUT2D eigenvalue weighted by atomic mass is 10.3. The van der Waals surface area contributed by atoms with Crippen LogP contribution in [0.5, 0.6) is 0 Å². The van der Waals surface area contributed by atoms with Crippen molar-refractivity contribution in [2.45, 2.75) is 13.3 Å². The van der Waals surface area contributed by atoms with Crippen LogP contribution in [-0.2, 0) is 6.42 Å². The van der Waals surface area contributed by atoms with Crippen molar-refractivity contribution in [1.82, 2.24) is 25.1 Å². The van der Waals surface area contributed by atoms with Crippen molar-refractivity contribution in [2.24, 2.45) is 0 Å². The molecule has 0 radical (unpaired) electrons. The van der Waals surface area contributed by atoms with Crippen molar-refractivity contribution in [2.75, 3.05) is 11.1 Å². The number of nitrogen functional groups attached to an aromatic ring is 1. The van der Waals surface area contributed by atoms with E-state index >= 15 is 0 Å². The fraction of sp³-hybridized carbons (Fsp3) is 0.133. The summed E-state index contributed by atoms with van der Waals surface area (Å²) in [4.78, 5) is 26.4. The SMILES string of the molecule is CCc1cnc(N)c(-c2nc(Nc3ccc4[nH]c(=O)oc4c3)no2)n1. The fourth-order valence-electron chi connectivity index (χ4n) is 2.29. The Morgan fingerprint density at radius 3 is 3.04 bits per heavy atom. The number of fused-ring (bicyclic) bond motifs is 1. The third kappa shape index (κ3) is 2.80. The van der Waals surface area contributed by atoms with Gasteiger partial charge in [0.05, 0.1) is 17.4 Å². The maximum Gasteiger partial charge on any atom is 0.417 e. The van der Waals surface area contributed by atoms with E-state index in [0.29, 0.717) is 28.9 Å². The minimum absolute atomic E-state index is 0.164. The normalized spacial score (nSPS) is 11.1. The fourth-order valence-corrected chi connectivity index (χ4v) is 2.29. The lowest BCUT2D eigenvalue weighted by Gasteiger charge is -2.01. The molecule has 0 unspecified atom stereocenters. The average Bonchev–Trinajstić information content (AvgIpc) is 3.20. The number of anilines is 3. The summed E-state index contributed by atoms with van der Waals surface area (Å²) in [5, 5.41) is 6.81. The molecule has 0 atom stereocenters. The van der Waals surface area contributed by atoms with Gasteiger partial charge in [0.15, 0.2) is 17.1 Å². The Labute approximate surface area is 140 Å². The molecule has 126 valence electrons. The predicted molar refractivity (Wildman–Crippen MR) is 89.2 cm³/mol. The molecule has 0 aliphatic rings. The van der Waals surface area contributed by atoms with Gasteiger partial charge in [-0.25, -0.2) is 14.8 Å². The zero-order chi connectivity index (χ0) is 17.4. The molecule has 10 heteroatoms. The largest absolute Gasteiger partial charge is 0.417 e. The van der Waals surface area contributed by atoms with E-state index < -0.39 is 5.76 Å². The molecule has 0 fully saturated rings. The van der Waals surface area contributed by atoms with Gasteiger partial charge in [-0.2, -0.15) is 4.98 Å². The Morgan fingerprint density at radius 2 is 2.20 bits per heavy atom. The van der Waals surface area contributed by atoms with E-state index in [-0.39, 0.29) is 17.7 Å². The van der Waals surface area contributed by atoms with Crippen LogP contribution >= 0.6 is 0 Å². The van der Waals surface area contributed by atoms with Crippen molar-refractivity contribution in [3.63, 3.8) is 0 Å². The van der Waals surface area contributed by atoms with Crippen LogP contribution in [0.1, 0.15) is 12.6 Å². The minimum atomic E-state index is -0.515. The van der Waals surface area contributed by atoms with Gasteiger partial charge in [-0.3, -0.25) is 4.98 Å². The summed E-state index contributed by atoms with van der Waals surface area (Å²) in [6, 6.07) is 5.10. The summed E-state index contributed by atoms with van der Waals surface area (Å²) < 4.78 is 10.2. The number of nitrogens with zero attached hydrogens (tertiary/aromatic N) is 4. The van der Waals surface area contributed by atoms with Gasteiger partial charge in [0.1, 0.15) is 0 Å². The van der Waals surface area contributed by atoms with E-state index in [1.54, 1.807) is 24.4 Å². The third-order valence-corrected chi connectivity index (χ3v) is 3.52. The number of aryl methyl sites for hydroxylation is 1. The van der Waals surface area contributed by atoms with Crippen molar-refractivity contribution < 1.29 is 8.94 Å². The van der Waals surface area contributed by atoms with E-state index in [1.807, 2.05) is 6.92 Å².